The number of H-pyrrole nitrogens is 1. The van der Waals surface area contributed by atoms with Gasteiger partial charge in [-0.2, -0.15) is 0 Å². The fourth-order valence-electron chi connectivity index (χ4n) is 8.20. The van der Waals surface area contributed by atoms with Crippen LogP contribution in [0, 0.1) is 5.92 Å². The number of guanidine groups is 2. The van der Waals surface area contributed by atoms with E-state index in [4.69, 9.17) is 28.7 Å². The molecule has 0 aromatic carbocycles. The highest BCUT2D eigenvalue weighted by molar-refractivity contribution is 5.97. The molecule has 18 N–H and O–H groups in total. The second kappa shape index (κ2) is 39.6. The van der Waals surface area contributed by atoms with Crippen LogP contribution in [0.15, 0.2) is 22.5 Å². The summed E-state index contributed by atoms with van der Waals surface area (Å²) in [6, 6.07) is -7.88. The van der Waals surface area contributed by atoms with Gasteiger partial charge in [0, 0.05) is 50.7 Å². The lowest BCUT2D eigenvalue weighted by Crippen LogP contribution is -2.60. The van der Waals surface area contributed by atoms with Gasteiger partial charge < -0.3 is 70.7 Å². The molecule has 0 aliphatic carbocycles. The second-order valence-electron chi connectivity index (χ2n) is 19.8. The predicted molar refractivity (Wildman–Crippen MR) is 289 cm³/mol. The molecule has 25 nitrogen and oxygen atoms in total. The lowest BCUT2D eigenvalue weighted by atomic mass is 10.0. The molecule has 0 radical (unpaired) electrons. The number of carboxylic acid groups (broad SMARTS) is 1. The summed E-state index contributed by atoms with van der Waals surface area (Å²) in [6.07, 6.45) is 16.7. The Bertz CT molecular complexity index is 1990. The van der Waals surface area contributed by atoms with E-state index in [1.807, 2.05) is 13.8 Å². The Hall–Kier alpha value is -6.82. The van der Waals surface area contributed by atoms with Gasteiger partial charge in [-0.1, -0.05) is 97.8 Å². The number of nitrogens with one attached hydrogen (secondary N) is 7. The van der Waals surface area contributed by atoms with E-state index in [9.17, 15) is 48.3 Å². The van der Waals surface area contributed by atoms with Crippen molar-refractivity contribution < 1.29 is 48.3 Å². The average Bonchev–Trinajstić information content (AvgIpc) is 3.87. The highest BCUT2D eigenvalue weighted by Gasteiger charge is 2.34. The van der Waals surface area contributed by atoms with E-state index in [2.05, 4.69) is 58.8 Å². The number of primary amides is 1. The van der Waals surface area contributed by atoms with E-state index < -0.39 is 89.9 Å². The molecule has 25 heteroatoms. The molecule has 1 heterocycles. The number of aliphatic carboxylic acids is 1. The van der Waals surface area contributed by atoms with E-state index in [1.54, 1.807) is 0 Å². The van der Waals surface area contributed by atoms with Crippen LogP contribution in [-0.2, 0) is 49.6 Å². The summed E-state index contributed by atoms with van der Waals surface area (Å²) in [5.74, 6) is -7.47. The predicted octanol–water partition coefficient (Wildman–Crippen LogP) is 1.21. The van der Waals surface area contributed by atoms with Crippen molar-refractivity contribution in [1.29, 1.82) is 0 Å². The lowest BCUT2D eigenvalue weighted by Gasteiger charge is -2.27. The molecule has 1 aromatic rings. The van der Waals surface area contributed by atoms with Crippen molar-refractivity contribution >= 4 is 65.0 Å². The molecular weight excluding hydrogens is 983 g/mol. The monoisotopic (exact) mass is 1070 g/mol. The first-order chi connectivity index (χ1) is 36.1. The number of imidazole rings is 1. The molecule has 0 unspecified atom stereocenters. The van der Waals surface area contributed by atoms with Crippen LogP contribution in [0.3, 0.4) is 0 Å². The summed E-state index contributed by atoms with van der Waals surface area (Å²) in [7, 11) is 0. The van der Waals surface area contributed by atoms with Gasteiger partial charge in [-0.05, 0) is 64.2 Å². The fraction of sp³-hybridized carbons (Fsp3) is 0.725. The van der Waals surface area contributed by atoms with E-state index in [1.165, 1.54) is 70.8 Å². The van der Waals surface area contributed by atoms with Crippen LogP contribution in [0.25, 0.3) is 0 Å². The van der Waals surface area contributed by atoms with Crippen LogP contribution in [0.5, 0.6) is 0 Å². The zero-order valence-corrected chi connectivity index (χ0v) is 45.4. The third kappa shape index (κ3) is 32.5. The normalized spacial score (nSPS) is 13.4. The summed E-state index contributed by atoms with van der Waals surface area (Å²) in [5.41, 5.74) is 27.7. The SMILES string of the molecule is CCCCCCCCCCCCCCCC(=O)N[C@@H](CC(C)C)C(=O)N[C@@H](CCC(=O)O)C(=O)N[C@@H](CCCN=C(N)N)C(=O)N[C@@H](Cc1cnc[nH]1)C(=O)N[C@@H](CCCN=C(N)N)C(=O)N[C@@H](CCC(N)=O)C(C)=O. The van der Waals surface area contributed by atoms with Gasteiger partial charge >= 0.3 is 5.97 Å². The third-order valence-corrected chi connectivity index (χ3v) is 12.4. The van der Waals surface area contributed by atoms with Crippen LogP contribution >= 0.6 is 0 Å². The third-order valence-electron chi connectivity index (χ3n) is 12.4. The topological polar surface area (TPSA) is 430 Å². The molecular formula is C51H91N15O10. The van der Waals surface area contributed by atoms with Gasteiger partial charge in [0.2, 0.25) is 41.4 Å². The number of nitrogens with zero attached hydrogens (tertiary/aromatic N) is 3. The smallest absolute Gasteiger partial charge is 0.303 e. The molecule has 0 spiro atoms. The Labute approximate surface area is 447 Å². The number of amides is 7. The molecule has 1 aromatic heterocycles. The Kier molecular flexibility index (Phi) is 35.0. The highest BCUT2D eigenvalue weighted by Crippen LogP contribution is 2.15. The first-order valence-electron chi connectivity index (χ1n) is 27.0. The van der Waals surface area contributed by atoms with E-state index >= 15 is 0 Å². The van der Waals surface area contributed by atoms with E-state index in [-0.39, 0.29) is 101 Å². The minimum atomic E-state index is -1.49. The summed E-state index contributed by atoms with van der Waals surface area (Å²) >= 11 is 0. The van der Waals surface area contributed by atoms with Crippen molar-refractivity contribution in [3.8, 4) is 0 Å². The van der Waals surface area contributed by atoms with Crippen LogP contribution in [0.1, 0.15) is 181 Å². The molecule has 0 bridgehead atoms. The fourth-order valence-corrected chi connectivity index (χ4v) is 8.20. The van der Waals surface area contributed by atoms with Crippen LogP contribution < -0.4 is 60.6 Å². The number of rotatable bonds is 44. The number of aromatic nitrogens is 2. The van der Waals surface area contributed by atoms with E-state index in [0.29, 0.717) is 12.1 Å². The molecule has 0 aliphatic rings. The van der Waals surface area contributed by atoms with Gasteiger partial charge in [-0.25, -0.2) is 4.98 Å². The molecule has 0 aliphatic heterocycles. The standard InChI is InChI=1S/C51H91N15O10/c1-5-6-7-8-9-10-11-12-13-14-15-16-17-22-43(69)61-40(29-33(2)3)48(75)65-39(24-26-44(70)71)47(74)63-38(21-19-28-59-51(55)56)46(73)66-41(30-35-31-57-32-60-35)49(76)64-37(20-18-27-58-50(53)54)45(72)62-36(34(4)67)23-25-42(52)68/h31-33,36-41H,5-30H2,1-4H3,(H2,52,68)(H,57,60)(H,61,69)(H,62,72)(H,63,74)(H,64,76)(H,65,75)(H,66,73)(H,70,71)(H4,53,54,58)(H4,55,56,59)/t36-,37-,38-,39-,40-,41-/m0/s1. The second-order valence-corrected chi connectivity index (χ2v) is 19.8. The summed E-state index contributed by atoms with van der Waals surface area (Å²) < 4.78 is 0. The minimum absolute atomic E-state index is 0.0203. The lowest BCUT2D eigenvalue weighted by molar-refractivity contribution is -0.138. The molecule has 6 atom stereocenters. The Morgan fingerprint density at radius 3 is 1.38 bits per heavy atom. The first-order valence-corrected chi connectivity index (χ1v) is 27.0. The first kappa shape index (κ1) is 67.2. The molecule has 0 fully saturated rings. The van der Waals surface area contributed by atoms with Gasteiger partial charge in [0.05, 0.1) is 12.4 Å². The molecule has 0 saturated carbocycles. The van der Waals surface area contributed by atoms with Crippen molar-refractivity contribution in [2.75, 3.05) is 13.1 Å². The van der Waals surface area contributed by atoms with Gasteiger partial charge in [0.1, 0.15) is 30.2 Å². The van der Waals surface area contributed by atoms with Gasteiger partial charge in [0.25, 0.3) is 0 Å². The average molecular weight is 1070 g/mol. The summed E-state index contributed by atoms with van der Waals surface area (Å²) in [6.45, 7) is 7.24. The number of aliphatic imine (C=N–C) groups is 2. The number of carbonyl (C=O) groups excluding carboxylic acids is 8. The number of ketones is 1. The van der Waals surface area contributed by atoms with Crippen molar-refractivity contribution in [1.82, 2.24) is 41.9 Å². The Balaban J connectivity index is 3.34. The minimum Gasteiger partial charge on any atom is -0.481 e. The van der Waals surface area contributed by atoms with Crippen LogP contribution in [0.4, 0.5) is 0 Å². The maximum absolute atomic E-state index is 14.3. The number of aromatic amines is 1. The van der Waals surface area contributed by atoms with Gasteiger partial charge in [-0.15, -0.1) is 0 Å². The largest absolute Gasteiger partial charge is 0.481 e. The number of carboxylic acids is 1. The zero-order chi connectivity index (χ0) is 56.8. The summed E-state index contributed by atoms with van der Waals surface area (Å²) in [5, 5.41) is 25.5. The number of Topliss-reactive ketones (excluding diaryl/α,β-unsaturated/α-hetero) is 1. The van der Waals surface area contributed by atoms with Crippen molar-refractivity contribution in [2.45, 2.75) is 218 Å². The highest BCUT2D eigenvalue weighted by atomic mass is 16.4. The van der Waals surface area contributed by atoms with Crippen molar-refractivity contribution in [3.63, 3.8) is 0 Å². The Morgan fingerprint density at radius 2 is 0.961 bits per heavy atom. The summed E-state index contributed by atoms with van der Waals surface area (Å²) in [4.78, 5) is 134. The Morgan fingerprint density at radius 1 is 0.539 bits per heavy atom. The maximum atomic E-state index is 14.3. The number of hydrogen-bond acceptors (Lipinski definition) is 12. The molecule has 1 rings (SSSR count). The van der Waals surface area contributed by atoms with Crippen LogP contribution in [-0.4, -0.2) is 129 Å². The van der Waals surface area contributed by atoms with Crippen molar-refractivity contribution in [3.05, 3.63) is 18.2 Å². The van der Waals surface area contributed by atoms with Gasteiger partial charge in [0.15, 0.2) is 17.7 Å². The quantitative estimate of drug-likeness (QED) is 0.0248. The number of hydrogen-bond donors (Lipinski definition) is 13. The molecule has 7 amide bonds. The van der Waals surface area contributed by atoms with Crippen molar-refractivity contribution in [2.24, 2.45) is 44.6 Å². The molecule has 430 valence electrons. The number of nitrogens with two attached hydrogens (primary N) is 5. The molecule has 0 saturated heterocycles. The number of carbonyl (C=O) groups is 9. The maximum Gasteiger partial charge on any atom is 0.303 e. The van der Waals surface area contributed by atoms with Gasteiger partial charge in [-0.3, -0.25) is 53.1 Å². The zero-order valence-electron chi connectivity index (χ0n) is 45.4. The number of unbranched alkanes of at least 4 members (excludes halogenated alkanes) is 12. The van der Waals surface area contributed by atoms with Crippen LogP contribution in [0.2, 0.25) is 0 Å². The molecule has 76 heavy (non-hydrogen) atoms. The van der Waals surface area contributed by atoms with E-state index in [0.717, 1.165) is 25.7 Å².